The summed E-state index contributed by atoms with van der Waals surface area (Å²) in [6, 6.07) is 17.4. The standard InChI is InChI=1S/C19H17NO3S/c1-12(14-8-7-13-5-3-4-6-15(13)11-14)20-18(21)16-9-10-17(24-16)19(22)23-2/h3-12H,1-2H3,(H,20,21). The second-order valence-corrected chi connectivity index (χ2v) is 6.54. The summed E-state index contributed by atoms with van der Waals surface area (Å²) < 4.78 is 4.66. The highest BCUT2D eigenvalue weighted by molar-refractivity contribution is 7.15. The van der Waals surface area contributed by atoms with Crippen molar-refractivity contribution in [2.24, 2.45) is 0 Å². The quantitative estimate of drug-likeness (QED) is 0.726. The molecule has 1 atom stereocenters. The Balaban J connectivity index is 1.75. The van der Waals surface area contributed by atoms with Crippen LogP contribution in [0.4, 0.5) is 0 Å². The van der Waals surface area contributed by atoms with Gasteiger partial charge in [0, 0.05) is 0 Å². The molecule has 0 aliphatic carbocycles. The van der Waals surface area contributed by atoms with Gasteiger partial charge in [0.2, 0.25) is 0 Å². The number of hydrogen-bond donors (Lipinski definition) is 1. The molecule has 0 aliphatic heterocycles. The third-order valence-corrected chi connectivity index (χ3v) is 4.90. The molecule has 5 heteroatoms. The zero-order valence-corrected chi connectivity index (χ0v) is 14.2. The van der Waals surface area contributed by atoms with Crippen molar-refractivity contribution in [3.05, 3.63) is 69.9 Å². The first kappa shape index (κ1) is 16.2. The monoisotopic (exact) mass is 339 g/mol. The van der Waals surface area contributed by atoms with E-state index in [1.807, 2.05) is 31.2 Å². The van der Waals surface area contributed by atoms with E-state index in [9.17, 15) is 9.59 Å². The van der Waals surface area contributed by atoms with Crippen molar-refractivity contribution < 1.29 is 14.3 Å². The number of ether oxygens (including phenoxy) is 1. The second-order valence-electron chi connectivity index (χ2n) is 5.46. The third-order valence-electron chi connectivity index (χ3n) is 3.84. The number of methoxy groups -OCH3 is 1. The molecule has 0 spiro atoms. The van der Waals surface area contributed by atoms with Crippen LogP contribution in [-0.4, -0.2) is 19.0 Å². The maximum absolute atomic E-state index is 12.4. The lowest BCUT2D eigenvalue weighted by molar-refractivity contribution is 0.0606. The minimum absolute atomic E-state index is 0.134. The summed E-state index contributed by atoms with van der Waals surface area (Å²) in [5, 5.41) is 5.27. The molecule has 0 saturated heterocycles. The lowest BCUT2D eigenvalue weighted by Gasteiger charge is -2.14. The van der Waals surface area contributed by atoms with Crippen molar-refractivity contribution in [2.45, 2.75) is 13.0 Å². The molecule has 0 saturated carbocycles. The van der Waals surface area contributed by atoms with Gasteiger partial charge in [-0.15, -0.1) is 11.3 Å². The molecule has 1 heterocycles. The number of nitrogens with one attached hydrogen (secondary N) is 1. The minimum atomic E-state index is -0.429. The zero-order chi connectivity index (χ0) is 17.1. The Morgan fingerprint density at radius 3 is 2.46 bits per heavy atom. The number of benzene rings is 2. The highest BCUT2D eigenvalue weighted by atomic mass is 32.1. The SMILES string of the molecule is COC(=O)c1ccc(C(=O)NC(C)c2ccc3ccccc3c2)s1. The zero-order valence-electron chi connectivity index (χ0n) is 13.4. The van der Waals surface area contributed by atoms with Crippen molar-refractivity contribution >= 4 is 34.0 Å². The van der Waals surface area contributed by atoms with E-state index in [4.69, 9.17) is 0 Å². The average molecular weight is 339 g/mol. The predicted octanol–water partition coefficient (Wildman–Crippen LogP) is 4.18. The Bertz CT molecular complexity index is 900. The van der Waals surface area contributed by atoms with E-state index in [0.29, 0.717) is 9.75 Å². The van der Waals surface area contributed by atoms with E-state index < -0.39 is 5.97 Å². The predicted molar refractivity (Wildman–Crippen MR) is 95.5 cm³/mol. The first-order valence-electron chi connectivity index (χ1n) is 7.56. The van der Waals surface area contributed by atoms with E-state index in [-0.39, 0.29) is 11.9 Å². The van der Waals surface area contributed by atoms with Gasteiger partial charge in [0.15, 0.2) is 0 Å². The largest absolute Gasteiger partial charge is 0.465 e. The van der Waals surface area contributed by atoms with Gasteiger partial charge in [-0.2, -0.15) is 0 Å². The summed E-state index contributed by atoms with van der Waals surface area (Å²) >= 11 is 1.13. The number of fused-ring (bicyclic) bond motifs is 1. The van der Waals surface area contributed by atoms with Crippen LogP contribution in [0.25, 0.3) is 10.8 Å². The maximum atomic E-state index is 12.4. The molecule has 1 unspecified atom stereocenters. The average Bonchev–Trinajstić information content (AvgIpc) is 3.10. The summed E-state index contributed by atoms with van der Waals surface area (Å²) in [4.78, 5) is 24.7. The van der Waals surface area contributed by atoms with Gasteiger partial charge in [-0.05, 0) is 41.5 Å². The number of hydrogen-bond acceptors (Lipinski definition) is 4. The van der Waals surface area contributed by atoms with Gasteiger partial charge < -0.3 is 10.1 Å². The smallest absolute Gasteiger partial charge is 0.348 e. The third kappa shape index (κ3) is 3.31. The van der Waals surface area contributed by atoms with Crippen molar-refractivity contribution in [1.82, 2.24) is 5.32 Å². The number of amides is 1. The van der Waals surface area contributed by atoms with Crippen molar-refractivity contribution in [3.8, 4) is 0 Å². The van der Waals surface area contributed by atoms with Crippen LogP contribution >= 0.6 is 11.3 Å². The van der Waals surface area contributed by atoms with E-state index >= 15 is 0 Å². The molecule has 3 aromatic rings. The fourth-order valence-electron chi connectivity index (χ4n) is 2.50. The van der Waals surface area contributed by atoms with Gasteiger partial charge >= 0.3 is 5.97 Å². The van der Waals surface area contributed by atoms with Crippen LogP contribution in [0.5, 0.6) is 0 Å². The lowest BCUT2D eigenvalue weighted by atomic mass is 10.0. The molecule has 24 heavy (non-hydrogen) atoms. The highest BCUT2D eigenvalue weighted by Crippen LogP contribution is 2.22. The molecule has 4 nitrogen and oxygen atoms in total. The summed E-state index contributed by atoms with van der Waals surface area (Å²) in [5.41, 5.74) is 1.03. The molecular weight excluding hydrogens is 322 g/mol. The molecule has 1 aromatic heterocycles. The summed E-state index contributed by atoms with van der Waals surface area (Å²) in [7, 11) is 1.32. The molecular formula is C19H17NO3S. The van der Waals surface area contributed by atoms with Gasteiger partial charge in [-0.3, -0.25) is 4.79 Å². The van der Waals surface area contributed by atoms with Crippen LogP contribution in [0.2, 0.25) is 0 Å². The maximum Gasteiger partial charge on any atom is 0.348 e. The summed E-state index contributed by atoms with van der Waals surface area (Å²) in [6.45, 7) is 1.94. The molecule has 122 valence electrons. The molecule has 1 amide bonds. The minimum Gasteiger partial charge on any atom is -0.465 e. The van der Waals surface area contributed by atoms with Crippen LogP contribution in [-0.2, 0) is 4.74 Å². The van der Waals surface area contributed by atoms with Gasteiger partial charge in [0.1, 0.15) is 4.88 Å². The Kier molecular flexibility index (Phi) is 4.62. The van der Waals surface area contributed by atoms with E-state index in [0.717, 1.165) is 22.3 Å². The Morgan fingerprint density at radius 2 is 1.71 bits per heavy atom. The number of esters is 1. The first-order chi connectivity index (χ1) is 11.6. The molecule has 0 bridgehead atoms. The number of thiophene rings is 1. The fraction of sp³-hybridized carbons (Fsp3) is 0.158. The molecule has 0 aliphatic rings. The van der Waals surface area contributed by atoms with E-state index in [1.54, 1.807) is 12.1 Å². The molecule has 2 aromatic carbocycles. The Morgan fingerprint density at radius 1 is 1.00 bits per heavy atom. The van der Waals surface area contributed by atoms with E-state index in [1.165, 1.54) is 12.5 Å². The molecule has 0 fully saturated rings. The van der Waals surface area contributed by atoms with Gasteiger partial charge in [0.25, 0.3) is 5.91 Å². The van der Waals surface area contributed by atoms with Crippen LogP contribution in [0.15, 0.2) is 54.6 Å². The van der Waals surface area contributed by atoms with E-state index in [2.05, 4.69) is 28.3 Å². The lowest BCUT2D eigenvalue weighted by Crippen LogP contribution is -2.25. The van der Waals surface area contributed by atoms with Gasteiger partial charge in [-0.25, -0.2) is 4.79 Å². The molecule has 1 N–H and O–H groups in total. The number of carbonyl (C=O) groups is 2. The first-order valence-corrected chi connectivity index (χ1v) is 8.38. The Labute approximate surface area is 144 Å². The summed E-state index contributed by atoms with van der Waals surface area (Å²) in [5.74, 6) is -0.627. The van der Waals surface area contributed by atoms with Crippen LogP contribution in [0.1, 0.15) is 37.9 Å². The number of carbonyl (C=O) groups excluding carboxylic acids is 2. The normalized spacial score (nSPS) is 11.9. The topological polar surface area (TPSA) is 55.4 Å². The van der Waals surface area contributed by atoms with Crippen LogP contribution in [0.3, 0.4) is 0 Å². The van der Waals surface area contributed by atoms with Crippen molar-refractivity contribution in [3.63, 3.8) is 0 Å². The second kappa shape index (κ2) is 6.84. The van der Waals surface area contributed by atoms with Gasteiger partial charge in [0.05, 0.1) is 18.0 Å². The van der Waals surface area contributed by atoms with Gasteiger partial charge in [-0.1, -0.05) is 36.4 Å². The van der Waals surface area contributed by atoms with Crippen molar-refractivity contribution in [1.29, 1.82) is 0 Å². The van der Waals surface area contributed by atoms with Crippen LogP contribution < -0.4 is 5.32 Å². The van der Waals surface area contributed by atoms with Crippen molar-refractivity contribution in [2.75, 3.05) is 7.11 Å². The van der Waals surface area contributed by atoms with Crippen LogP contribution in [0, 0.1) is 0 Å². The molecule has 0 radical (unpaired) electrons. The highest BCUT2D eigenvalue weighted by Gasteiger charge is 2.16. The summed E-state index contributed by atoms with van der Waals surface area (Å²) in [6.07, 6.45) is 0. The number of rotatable bonds is 4. The fourth-order valence-corrected chi connectivity index (χ4v) is 3.33. The Hall–Kier alpha value is -2.66. The molecule has 3 rings (SSSR count).